The predicted molar refractivity (Wildman–Crippen MR) is 109 cm³/mol. The number of amides is 3. The lowest BCUT2D eigenvalue weighted by Gasteiger charge is -2.23. The van der Waals surface area contributed by atoms with Gasteiger partial charge in [-0.05, 0) is 24.6 Å². The van der Waals surface area contributed by atoms with Crippen molar-refractivity contribution in [2.45, 2.75) is 19.4 Å². The molecule has 6 nitrogen and oxygen atoms in total. The molecule has 2 aliphatic rings. The molecule has 0 aliphatic carbocycles. The average Bonchev–Trinajstić information content (AvgIpc) is 2.90. The summed E-state index contributed by atoms with van der Waals surface area (Å²) in [5.41, 5.74) is 1.45. The second-order valence-corrected chi connectivity index (χ2v) is 7.66. The van der Waals surface area contributed by atoms with Crippen LogP contribution in [0.3, 0.4) is 0 Å². The monoisotopic (exact) mass is 409 g/mol. The summed E-state index contributed by atoms with van der Waals surface area (Å²) in [6.45, 7) is 3.22. The molecule has 7 heteroatoms. The maximum Gasteiger partial charge on any atom is 0.261 e. The minimum Gasteiger partial charge on any atom is -0.341 e. The molecule has 1 saturated heterocycles. The van der Waals surface area contributed by atoms with Gasteiger partial charge < -0.3 is 4.90 Å². The number of carbonyl (C=O) groups excluding carboxylic acids is 3. The lowest BCUT2D eigenvalue weighted by atomic mass is 10.1. The first-order valence-electron chi connectivity index (χ1n) is 10.2. The predicted octanol–water partition coefficient (Wildman–Crippen LogP) is 2.55. The number of benzene rings is 2. The molecule has 0 unspecified atom stereocenters. The van der Waals surface area contributed by atoms with E-state index in [4.69, 9.17) is 0 Å². The van der Waals surface area contributed by atoms with Gasteiger partial charge in [0, 0.05) is 51.3 Å². The fraction of sp³-hybridized carbons (Fsp3) is 0.348. The standard InChI is InChI=1S/C23H24FN3O3/c24-20-9-4-1-6-17(20)16-25-11-5-12-26(15-14-25)21(28)10-13-27-22(29)18-7-2-3-8-19(18)23(27)30/h1-4,6-9H,5,10-16H2. The molecule has 0 spiro atoms. The number of hydrogen-bond acceptors (Lipinski definition) is 4. The van der Waals surface area contributed by atoms with Crippen LogP contribution in [-0.2, 0) is 11.3 Å². The van der Waals surface area contributed by atoms with Crippen molar-refractivity contribution in [1.29, 1.82) is 0 Å². The second-order valence-electron chi connectivity index (χ2n) is 7.66. The highest BCUT2D eigenvalue weighted by Crippen LogP contribution is 2.22. The Hall–Kier alpha value is -3.06. The van der Waals surface area contributed by atoms with Crippen molar-refractivity contribution < 1.29 is 18.8 Å². The van der Waals surface area contributed by atoms with Crippen LogP contribution in [0.1, 0.15) is 39.1 Å². The molecule has 2 aromatic carbocycles. The zero-order chi connectivity index (χ0) is 21.1. The van der Waals surface area contributed by atoms with Gasteiger partial charge in [-0.15, -0.1) is 0 Å². The van der Waals surface area contributed by atoms with Crippen LogP contribution in [0.25, 0.3) is 0 Å². The maximum absolute atomic E-state index is 13.9. The number of hydrogen-bond donors (Lipinski definition) is 0. The van der Waals surface area contributed by atoms with Crippen molar-refractivity contribution in [3.8, 4) is 0 Å². The Kier molecular flexibility index (Phi) is 5.90. The Morgan fingerprint density at radius 1 is 0.867 bits per heavy atom. The summed E-state index contributed by atoms with van der Waals surface area (Å²) >= 11 is 0. The van der Waals surface area contributed by atoms with Crippen molar-refractivity contribution in [3.63, 3.8) is 0 Å². The minimum atomic E-state index is -0.338. The molecule has 0 radical (unpaired) electrons. The van der Waals surface area contributed by atoms with Gasteiger partial charge in [-0.2, -0.15) is 0 Å². The van der Waals surface area contributed by atoms with Gasteiger partial charge in [0.15, 0.2) is 0 Å². The Morgan fingerprint density at radius 2 is 1.53 bits per heavy atom. The SMILES string of the molecule is O=C(CCN1C(=O)c2ccccc2C1=O)N1CCCN(Cc2ccccc2F)CC1. The van der Waals surface area contributed by atoms with E-state index in [0.717, 1.165) is 17.9 Å². The molecule has 0 saturated carbocycles. The fourth-order valence-corrected chi connectivity index (χ4v) is 4.05. The first-order valence-corrected chi connectivity index (χ1v) is 10.2. The first kappa shape index (κ1) is 20.2. The van der Waals surface area contributed by atoms with Crippen LogP contribution < -0.4 is 0 Å². The minimum absolute atomic E-state index is 0.0701. The molecular formula is C23H24FN3O3. The maximum atomic E-state index is 13.9. The second kappa shape index (κ2) is 8.75. The van der Waals surface area contributed by atoms with Crippen LogP contribution in [-0.4, -0.2) is 65.1 Å². The zero-order valence-electron chi connectivity index (χ0n) is 16.7. The summed E-state index contributed by atoms with van der Waals surface area (Å²) in [5, 5.41) is 0. The van der Waals surface area contributed by atoms with Crippen LogP contribution in [0.5, 0.6) is 0 Å². The lowest BCUT2D eigenvalue weighted by Crippen LogP contribution is -2.38. The molecule has 0 bridgehead atoms. The molecule has 2 aromatic rings. The van der Waals surface area contributed by atoms with Gasteiger partial charge in [0.25, 0.3) is 11.8 Å². The lowest BCUT2D eigenvalue weighted by molar-refractivity contribution is -0.131. The van der Waals surface area contributed by atoms with E-state index in [0.29, 0.717) is 42.9 Å². The molecular weight excluding hydrogens is 385 g/mol. The molecule has 2 heterocycles. The van der Waals surface area contributed by atoms with E-state index in [1.165, 1.54) is 6.07 Å². The molecule has 30 heavy (non-hydrogen) atoms. The van der Waals surface area contributed by atoms with Crippen LogP contribution in [0.15, 0.2) is 48.5 Å². The molecule has 3 amide bonds. The summed E-state index contributed by atoms with van der Waals surface area (Å²) in [6.07, 6.45) is 0.909. The quantitative estimate of drug-likeness (QED) is 0.712. The van der Waals surface area contributed by atoms with Crippen molar-refractivity contribution >= 4 is 17.7 Å². The summed E-state index contributed by atoms with van der Waals surface area (Å²) < 4.78 is 13.9. The summed E-state index contributed by atoms with van der Waals surface area (Å²) in [6, 6.07) is 13.5. The van der Waals surface area contributed by atoms with Gasteiger partial charge >= 0.3 is 0 Å². The molecule has 0 atom stereocenters. The third-order valence-electron chi connectivity index (χ3n) is 5.72. The van der Waals surface area contributed by atoms with Crippen LogP contribution in [0.2, 0.25) is 0 Å². The van der Waals surface area contributed by atoms with E-state index in [9.17, 15) is 18.8 Å². The van der Waals surface area contributed by atoms with Gasteiger partial charge in [0.05, 0.1) is 11.1 Å². The van der Waals surface area contributed by atoms with Gasteiger partial charge in [-0.25, -0.2) is 4.39 Å². The van der Waals surface area contributed by atoms with E-state index >= 15 is 0 Å². The Morgan fingerprint density at radius 3 is 2.23 bits per heavy atom. The summed E-state index contributed by atoms with van der Waals surface area (Å²) in [5.74, 6) is -0.958. The number of nitrogens with zero attached hydrogens (tertiary/aromatic N) is 3. The third kappa shape index (κ3) is 4.11. The smallest absolute Gasteiger partial charge is 0.261 e. The van der Waals surface area contributed by atoms with E-state index < -0.39 is 0 Å². The molecule has 0 aromatic heterocycles. The van der Waals surface area contributed by atoms with Gasteiger partial charge in [-0.3, -0.25) is 24.2 Å². The van der Waals surface area contributed by atoms with E-state index in [-0.39, 0.29) is 36.5 Å². The van der Waals surface area contributed by atoms with Crippen LogP contribution in [0, 0.1) is 5.82 Å². The fourth-order valence-electron chi connectivity index (χ4n) is 4.05. The van der Waals surface area contributed by atoms with Gasteiger partial charge in [-0.1, -0.05) is 30.3 Å². The molecule has 4 rings (SSSR count). The third-order valence-corrected chi connectivity index (χ3v) is 5.72. The highest BCUT2D eigenvalue weighted by atomic mass is 19.1. The zero-order valence-corrected chi connectivity index (χ0v) is 16.7. The summed E-state index contributed by atoms with van der Waals surface area (Å²) in [7, 11) is 0. The number of carbonyl (C=O) groups is 3. The van der Waals surface area contributed by atoms with Crippen molar-refractivity contribution in [1.82, 2.24) is 14.7 Å². The Balaban J connectivity index is 1.30. The van der Waals surface area contributed by atoms with Crippen molar-refractivity contribution in [3.05, 3.63) is 71.0 Å². The topological polar surface area (TPSA) is 60.9 Å². The molecule has 1 fully saturated rings. The van der Waals surface area contributed by atoms with E-state index in [2.05, 4.69) is 4.90 Å². The highest BCUT2D eigenvalue weighted by Gasteiger charge is 2.35. The van der Waals surface area contributed by atoms with E-state index in [1.807, 2.05) is 6.07 Å². The molecule has 0 N–H and O–H groups in total. The Bertz CT molecular complexity index is 943. The van der Waals surface area contributed by atoms with Crippen molar-refractivity contribution in [2.24, 2.45) is 0 Å². The molecule has 156 valence electrons. The normalized spacial score (nSPS) is 17.2. The number of rotatable bonds is 5. The number of fused-ring (bicyclic) bond motifs is 1. The highest BCUT2D eigenvalue weighted by molar-refractivity contribution is 6.21. The van der Waals surface area contributed by atoms with E-state index in [1.54, 1.807) is 41.3 Å². The average molecular weight is 409 g/mol. The van der Waals surface area contributed by atoms with Crippen LogP contribution >= 0.6 is 0 Å². The Labute approximate surface area is 174 Å². The molecule has 2 aliphatic heterocycles. The summed E-state index contributed by atoms with van der Waals surface area (Å²) in [4.78, 5) is 42.7. The van der Waals surface area contributed by atoms with Gasteiger partial charge in [0.2, 0.25) is 5.91 Å². The van der Waals surface area contributed by atoms with Gasteiger partial charge in [0.1, 0.15) is 5.82 Å². The van der Waals surface area contributed by atoms with Crippen molar-refractivity contribution in [2.75, 3.05) is 32.7 Å². The largest absolute Gasteiger partial charge is 0.341 e. The first-order chi connectivity index (χ1) is 14.5. The van der Waals surface area contributed by atoms with Crippen LogP contribution in [0.4, 0.5) is 4.39 Å². The number of imide groups is 1. The number of halogens is 1.